The highest BCUT2D eigenvalue weighted by molar-refractivity contribution is 8.00. The summed E-state index contributed by atoms with van der Waals surface area (Å²) in [5.74, 6) is 0.784. The first kappa shape index (κ1) is 16.4. The van der Waals surface area contributed by atoms with Crippen LogP contribution in [0.15, 0.2) is 41.6 Å². The van der Waals surface area contributed by atoms with Crippen LogP contribution in [0.3, 0.4) is 0 Å². The van der Waals surface area contributed by atoms with Gasteiger partial charge in [0.25, 0.3) is 0 Å². The summed E-state index contributed by atoms with van der Waals surface area (Å²) in [6.45, 7) is 3.84. The van der Waals surface area contributed by atoms with Crippen LogP contribution in [0.25, 0.3) is 5.65 Å². The molecule has 0 spiro atoms. The number of aromatic nitrogens is 4. The van der Waals surface area contributed by atoms with Gasteiger partial charge in [-0.2, -0.15) is 0 Å². The third-order valence-electron chi connectivity index (χ3n) is 3.71. The van der Waals surface area contributed by atoms with E-state index >= 15 is 0 Å². The van der Waals surface area contributed by atoms with Crippen molar-refractivity contribution in [3.05, 3.63) is 53.5 Å². The Morgan fingerprint density at radius 1 is 1.25 bits per heavy atom. The molecule has 2 aromatic heterocycles. The van der Waals surface area contributed by atoms with E-state index in [-0.39, 0.29) is 11.2 Å². The normalized spacial score (nSPS) is 12.3. The van der Waals surface area contributed by atoms with Crippen molar-refractivity contribution in [3.63, 3.8) is 0 Å². The second-order valence-corrected chi connectivity index (χ2v) is 6.70. The summed E-state index contributed by atoms with van der Waals surface area (Å²) in [5, 5.41) is 11.6. The van der Waals surface area contributed by atoms with E-state index in [1.807, 2.05) is 54.6 Å². The first-order chi connectivity index (χ1) is 11.6. The molecule has 1 aromatic carbocycles. The molecule has 1 atom stereocenters. The van der Waals surface area contributed by atoms with Crippen molar-refractivity contribution in [2.24, 2.45) is 0 Å². The predicted octanol–water partition coefficient (Wildman–Crippen LogP) is 2.19. The lowest BCUT2D eigenvalue weighted by Gasteiger charge is -2.14. The summed E-state index contributed by atoms with van der Waals surface area (Å²) in [6.07, 6.45) is 0.623. The fraction of sp³-hybridized carbons (Fsp3) is 0.294. The standard InChI is InChI=1S/C17H19N5OS/c1-11-9-15-20-21-17(22(15)12(2)19-11)24-14(16(23)18-3)10-13-7-5-4-6-8-13/h4-9,14H,10H2,1-3H3,(H,18,23)/t14-/m0/s1. The van der Waals surface area contributed by atoms with Crippen molar-refractivity contribution in [2.75, 3.05) is 7.05 Å². The van der Waals surface area contributed by atoms with E-state index in [4.69, 9.17) is 0 Å². The van der Waals surface area contributed by atoms with Gasteiger partial charge in [0.15, 0.2) is 10.8 Å². The lowest BCUT2D eigenvalue weighted by atomic mass is 10.1. The molecule has 6 nitrogen and oxygen atoms in total. The van der Waals surface area contributed by atoms with Crippen molar-refractivity contribution >= 4 is 23.3 Å². The Bertz CT molecular complexity index is 862. The van der Waals surface area contributed by atoms with Gasteiger partial charge >= 0.3 is 0 Å². The van der Waals surface area contributed by atoms with E-state index in [9.17, 15) is 4.79 Å². The van der Waals surface area contributed by atoms with Gasteiger partial charge in [0.05, 0.1) is 5.25 Å². The van der Waals surface area contributed by atoms with Crippen molar-refractivity contribution in [1.29, 1.82) is 0 Å². The number of thioether (sulfide) groups is 1. The van der Waals surface area contributed by atoms with Gasteiger partial charge in [0, 0.05) is 18.8 Å². The monoisotopic (exact) mass is 341 g/mol. The molecule has 0 bridgehead atoms. The fourth-order valence-electron chi connectivity index (χ4n) is 2.58. The number of amides is 1. The van der Waals surface area contributed by atoms with Crippen LogP contribution in [0.1, 0.15) is 17.1 Å². The third-order valence-corrected chi connectivity index (χ3v) is 4.85. The Kier molecular flexibility index (Phi) is 4.80. The van der Waals surface area contributed by atoms with Crippen molar-refractivity contribution in [3.8, 4) is 0 Å². The van der Waals surface area contributed by atoms with Gasteiger partial charge in [0.2, 0.25) is 5.91 Å². The molecule has 3 rings (SSSR count). The highest BCUT2D eigenvalue weighted by Gasteiger charge is 2.23. The molecule has 124 valence electrons. The van der Waals surface area contributed by atoms with Crippen LogP contribution in [0.5, 0.6) is 0 Å². The maximum absolute atomic E-state index is 12.3. The maximum Gasteiger partial charge on any atom is 0.233 e. The van der Waals surface area contributed by atoms with Gasteiger partial charge < -0.3 is 5.32 Å². The molecule has 0 fully saturated rings. The molecule has 0 aliphatic heterocycles. The Morgan fingerprint density at radius 3 is 2.71 bits per heavy atom. The zero-order valence-corrected chi connectivity index (χ0v) is 14.7. The number of nitrogens with one attached hydrogen (secondary N) is 1. The van der Waals surface area contributed by atoms with E-state index < -0.39 is 0 Å². The number of hydrogen-bond acceptors (Lipinski definition) is 5. The van der Waals surface area contributed by atoms with Crippen LogP contribution in [0, 0.1) is 13.8 Å². The van der Waals surface area contributed by atoms with Crippen LogP contribution in [-0.4, -0.2) is 37.8 Å². The van der Waals surface area contributed by atoms with Crippen molar-refractivity contribution in [2.45, 2.75) is 30.7 Å². The number of carbonyl (C=O) groups is 1. The lowest BCUT2D eigenvalue weighted by molar-refractivity contribution is -0.120. The Morgan fingerprint density at radius 2 is 2.00 bits per heavy atom. The SMILES string of the molecule is CNC(=O)[C@H](Cc1ccccc1)Sc1nnc2cc(C)nc(C)n12. The molecule has 2 heterocycles. The Hall–Kier alpha value is -2.41. The summed E-state index contributed by atoms with van der Waals surface area (Å²) >= 11 is 1.41. The zero-order chi connectivity index (χ0) is 17.1. The topological polar surface area (TPSA) is 72.2 Å². The number of carbonyl (C=O) groups excluding carboxylic acids is 1. The summed E-state index contributed by atoms with van der Waals surface area (Å²) in [7, 11) is 1.65. The van der Waals surface area contributed by atoms with Gasteiger partial charge in [-0.25, -0.2) is 4.98 Å². The van der Waals surface area contributed by atoms with Gasteiger partial charge in [-0.05, 0) is 25.8 Å². The Labute approximate surface area is 144 Å². The van der Waals surface area contributed by atoms with Crippen LogP contribution in [0.4, 0.5) is 0 Å². The van der Waals surface area contributed by atoms with E-state index in [1.54, 1.807) is 7.05 Å². The van der Waals surface area contributed by atoms with E-state index in [0.29, 0.717) is 11.6 Å². The molecule has 0 unspecified atom stereocenters. The fourth-order valence-corrected chi connectivity index (χ4v) is 3.76. The maximum atomic E-state index is 12.3. The second kappa shape index (κ2) is 7.00. The molecule has 1 amide bonds. The van der Waals surface area contributed by atoms with Crippen LogP contribution < -0.4 is 5.32 Å². The minimum Gasteiger partial charge on any atom is -0.358 e. The van der Waals surface area contributed by atoms with E-state index in [1.165, 1.54) is 11.8 Å². The number of aryl methyl sites for hydroxylation is 2. The smallest absolute Gasteiger partial charge is 0.233 e. The molecule has 1 N–H and O–H groups in total. The van der Waals surface area contributed by atoms with Gasteiger partial charge in [0.1, 0.15) is 5.82 Å². The third kappa shape index (κ3) is 3.41. The van der Waals surface area contributed by atoms with E-state index in [0.717, 1.165) is 22.7 Å². The average Bonchev–Trinajstić information content (AvgIpc) is 2.97. The van der Waals surface area contributed by atoms with Crippen molar-refractivity contribution in [1.82, 2.24) is 24.9 Å². The zero-order valence-electron chi connectivity index (χ0n) is 13.9. The van der Waals surface area contributed by atoms with Crippen molar-refractivity contribution < 1.29 is 4.79 Å². The molecular formula is C17H19N5OS. The first-order valence-electron chi connectivity index (χ1n) is 7.70. The molecule has 7 heteroatoms. The molecule has 0 saturated carbocycles. The molecule has 0 aliphatic rings. The molecule has 24 heavy (non-hydrogen) atoms. The minimum absolute atomic E-state index is 0.0293. The summed E-state index contributed by atoms with van der Waals surface area (Å²) < 4.78 is 1.89. The molecule has 0 aliphatic carbocycles. The molecular weight excluding hydrogens is 322 g/mol. The van der Waals surface area contributed by atoms with Gasteiger partial charge in [-0.15, -0.1) is 10.2 Å². The van der Waals surface area contributed by atoms with Crippen LogP contribution in [0.2, 0.25) is 0 Å². The largest absolute Gasteiger partial charge is 0.358 e. The highest BCUT2D eigenvalue weighted by atomic mass is 32.2. The number of fused-ring (bicyclic) bond motifs is 1. The molecule has 0 saturated heterocycles. The summed E-state index contributed by atoms with van der Waals surface area (Å²) in [6, 6.07) is 11.8. The highest BCUT2D eigenvalue weighted by Crippen LogP contribution is 2.26. The quantitative estimate of drug-likeness (QED) is 0.720. The van der Waals surface area contributed by atoms with Gasteiger partial charge in [-0.3, -0.25) is 9.20 Å². The Balaban J connectivity index is 1.92. The number of hydrogen-bond donors (Lipinski definition) is 1. The predicted molar refractivity (Wildman–Crippen MR) is 94.1 cm³/mol. The minimum atomic E-state index is -0.287. The van der Waals surface area contributed by atoms with Gasteiger partial charge in [-0.1, -0.05) is 42.1 Å². The number of rotatable bonds is 5. The molecule has 3 aromatic rings. The molecule has 0 radical (unpaired) electrons. The number of benzene rings is 1. The summed E-state index contributed by atoms with van der Waals surface area (Å²) in [5.41, 5.74) is 2.76. The second-order valence-electron chi connectivity index (χ2n) is 5.53. The van der Waals surface area contributed by atoms with Crippen LogP contribution >= 0.6 is 11.8 Å². The van der Waals surface area contributed by atoms with Crippen LogP contribution in [-0.2, 0) is 11.2 Å². The first-order valence-corrected chi connectivity index (χ1v) is 8.58. The lowest BCUT2D eigenvalue weighted by Crippen LogP contribution is -2.31. The average molecular weight is 341 g/mol. The van der Waals surface area contributed by atoms with E-state index in [2.05, 4.69) is 20.5 Å². The number of nitrogens with zero attached hydrogens (tertiary/aromatic N) is 4. The summed E-state index contributed by atoms with van der Waals surface area (Å²) in [4.78, 5) is 16.8.